The Labute approximate surface area is 297 Å². The number of furan rings is 1. The van der Waals surface area contributed by atoms with Gasteiger partial charge in [0.2, 0.25) is 0 Å². The quantitative estimate of drug-likeness (QED) is 0.182. The van der Waals surface area contributed by atoms with E-state index in [1.807, 2.05) is 43.1 Å². The lowest BCUT2D eigenvalue weighted by Crippen LogP contribution is -1.96. The van der Waals surface area contributed by atoms with Gasteiger partial charge in [-0.05, 0) is 59.7 Å². The summed E-state index contributed by atoms with van der Waals surface area (Å²) in [4.78, 5) is 27.1. The Morgan fingerprint density at radius 2 is 1.17 bits per heavy atom. The van der Waals surface area contributed by atoms with E-state index in [2.05, 4.69) is 107 Å². The molecule has 0 aliphatic carbocycles. The lowest BCUT2D eigenvalue weighted by atomic mass is 9.99. The summed E-state index contributed by atoms with van der Waals surface area (Å²) in [5.41, 5.74) is 11.3. The summed E-state index contributed by atoms with van der Waals surface area (Å²) in [6.07, 6.45) is 14.4. The van der Waals surface area contributed by atoms with E-state index in [1.54, 1.807) is 30.2 Å². The van der Waals surface area contributed by atoms with E-state index in [4.69, 9.17) is 9.40 Å². The van der Waals surface area contributed by atoms with Gasteiger partial charge in [0.25, 0.3) is 0 Å². The van der Waals surface area contributed by atoms with E-state index < -0.39 is 0 Å². The Morgan fingerprint density at radius 3 is 1.94 bits per heavy atom. The van der Waals surface area contributed by atoms with Crippen LogP contribution in [0.2, 0.25) is 0 Å². The molecule has 0 radical (unpaired) electrons. The molecule has 0 saturated heterocycles. The van der Waals surface area contributed by atoms with Crippen molar-refractivity contribution in [2.45, 2.75) is 0 Å². The van der Waals surface area contributed by atoms with Crippen LogP contribution in [0.15, 0.2) is 139 Å². The van der Waals surface area contributed by atoms with Crippen LogP contribution in [0.4, 0.5) is 0 Å². The van der Waals surface area contributed by atoms with Crippen molar-refractivity contribution in [1.82, 2.24) is 39.0 Å². The number of aromatic nitrogens is 8. The molecule has 8 heterocycles. The second-order valence-electron chi connectivity index (χ2n) is 12.9. The van der Waals surface area contributed by atoms with E-state index in [0.717, 1.165) is 88.3 Å². The summed E-state index contributed by atoms with van der Waals surface area (Å²) in [5.74, 6) is 0. The molecule has 0 fully saturated rings. The molecule has 0 aliphatic rings. The maximum absolute atomic E-state index is 6.69. The molecule has 0 atom stereocenters. The average Bonchev–Trinajstić information content (AvgIpc) is 3.95. The first-order valence-corrected chi connectivity index (χ1v) is 17.6. The highest BCUT2D eigenvalue weighted by Gasteiger charge is 2.21. The minimum atomic E-state index is 0.791. The average molecular weight is 687 g/mol. The van der Waals surface area contributed by atoms with Crippen LogP contribution in [-0.2, 0) is 0 Å². The molecule has 4 aromatic carbocycles. The van der Waals surface area contributed by atoms with Gasteiger partial charge in [-0.25, -0.2) is 19.9 Å². The summed E-state index contributed by atoms with van der Waals surface area (Å²) < 4.78 is 13.5. The highest BCUT2D eigenvalue weighted by atomic mass is 32.1. The first-order chi connectivity index (χ1) is 25.8. The fourth-order valence-corrected chi connectivity index (χ4v) is 9.16. The van der Waals surface area contributed by atoms with Gasteiger partial charge >= 0.3 is 0 Å². The van der Waals surface area contributed by atoms with E-state index in [9.17, 15) is 0 Å². The molecule has 0 bridgehead atoms. The number of fused-ring (bicyclic) bond motifs is 12. The Morgan fingerprint density at radius 1 is 0.500 bits per heavy atom. The van der Waals surface area contributed by atoms with Crippen LogP contribution in [0.5, 0.6) is 0 Å². The highest BCUT2D eigenvalue weighted by molar-refractivity contribution is 7.26. The predicted octanol–water partition coefficient (Wildman–Crippen LogP) is 10.2. The minimum absolute atomic E-state index is 0.791. The Bertz CT molecular complexity index is 3340. The van der Waals surface area contributed by atoms with Crippen LogP contribution in [0, 0.1) is 0 Å². The van der Waals surface area contributed by atoms with Crippen molar-refractivity contribution in [3.8, 4) is 22.5 Å². The van der Waals surface area contributed by atoms with Gasteiger partial charge in [0.15, 0.2) is 5.58 Å². The van der Waals surface area contributed by atoms with Crippen molar-refractivity contribution in [3.63, 3.8) is 0 Å². The second-order valence-corrected chi connectivity index (χ2v) is 14.0. The van der Waals surface area contributed by atoms with E-state index in [0.29, 0.717) is 0 Å². The van der Waals surface area contributed by atoms with Gasteiger partial charge in [0.1, 0.15) is 18.2 Å². The fourth-order valence-electron chi connectivity index (χ4n) is 7.98. The predicted molar refractivity (Wildman–Crippen MR) is 207 cm³/mol. The molecule has 12 aromatic rings. The normalized spacial score (nSPS) is 12.2. The van der Waals surface area contributed by atoms with Crippen molar-refractivity contribution < 1.29 is 4.42 Å². The van der Waals surface area contributed by atoms with E-state index in [-0.39, 0.29) is 0 Å². The zero-order valence-electron chi connectivity index (χ0n) is 27.1. The maximum atomic E-state index is 6.69. The molecule has 0 saturated carbocycles. The van der Waals surface area contributed by atoms with Gasteiger partial charge in [0, 0.05) is 49.4 Å². The monoisotopic (exact) mass is 686 g/mol. The summed E-state index contributed by atoms with van der Waals surface area (Å²) in [6.45, 7) is 0. The SMILES string of the molecule is c1ccc2c(c1)sc1c(-n3c4cnccc4c4ncncc43)cc(-c3ccc4oc5c(-n6c7cnccc7c7ncncc76)cccc5c4c3)cc12. The van der Waals surface area contributed by atoms with Gasteiger partial charge < -0.3 is 13.6 Å². The molecular weight excluding hydrogens is 665 g/mol. The van der Waals surface area contributed by atoms with E-state index in [1.165, 1.54) is 20.2 Å². The Balaban J connectivity index is 1.12. The van der Waals surface area contributed by atoms with Gasteiger partial charge in [-0.15, -0.1) is 11.3 Å². The number of nitrogens with zero attached hydrogens (tertiary/aromatic N) is 8. The molecule has 9 nitrogen and oxygen atoms in total. The third-order valence-electron chi connectivity index (χ3n) is 10.2. The van der Waals surface area contributed by atoms with Crippen molar-refractivity contribution in [2.24, 2.45) is 0 Å². The Hall–Kier alpha value is -7.04. The molecule has 242 valence electrons. The number of hydrogen-bond acceptors (Lipinski definition) is 8. The van der Waals surface area contributed by atoms with Gasteiger partial charge in [-0.3, -0.25) is 9.97 Å². The van der Waals surface area contributed by atoms with E-state index >= 15 is 0 Å². The molecule has 0 amide bonds. The third-order valence-corrected chi connectivity index (χ3v) is 11.4. The molecule has 0 spiro atoms. The van der Waals surface area contributed by atoms with Gasteiger partial charge in [-0.1, -0.05) is 36.4 Å². The number of pyridine rings is 2. The van der Waals surface area contributed by atoms with Gasteiger partial charge in [-0.2, -0.15) is 0 Å². The molecule has 0 aliphatic heterocycles. The van der Waals surface area contributed by atoms with Crippen molar-refractivity contribution in [1.29, 1.82) is 0 Å². The number of hydrogen-bond donors (Lipinski definition) is 0. The van der Waals surface area contributed by atoms with Crippen molar-refractivity contribution in [2.75, 3.05) is 0 Å². The lowest BCUT2D eigenvalue weighted by molar-refractivity contribution is 0.666. The van der Waals surface area contributed by atoms with Crippen molar-refractivity contribution >= 4 is 97.3 Å². The first-order valence-electron chi connectivity index (χ1n) is 16.8. The topological polar surface area (TPSA) is 100 Å². The van der Waals surface area contributed by atoms with Crippen molar-refractivity contribution in [3.05, 3.63) is 135 Å². The second kappa shape index (κ2) is 10.3. The summed E-state index contributed by atoms with van der Waals surface area (Å²) >= 11 is 1.80. The number of para-hydroxylation sites is 1. The summed E-state index contributed by atoms with van der Waals surface area (Å²) in [6, 6.07) is 30.0. The maximum Gasteiger partial charge on any atom is 0.159 e. The largest absolute Gasteiger partial charge is 0.454 e. The smallest absolute Gasteiger partial charge is 0.159 e. The standard InChI is InChI=1S/C42H22N8OS/c1-2-7-38-25(4-1)30-15-24(16-32(42(30)52-38)50-34-18-44-13-11-28(34)40-36(50)20-46-22-48-40)23-8-9-37-29(14-23)26-5-3-6-31(41(26)51-37)49-33-17-43-12-10-27(33)39-35(49)19-45-21-47-39/h1-22H. The first kappa shape index (κ1) is 27.7. The minimum Gasteiger partial charge on any atom is -0.454 e. The number of thiophene rings is 1. The van der Waals surface area contributed by atoms with Crippen LogP contribution in [-0.4, -0.2) is 39.0 Å². The van der Waals surface area contributed by atoms with Crippen LogP contribution in [0.25, 0.3) is 108 Å². The molecule has 52 heavy (non-hydrogen) atoms. The van der Waals surface area contributed by atoms with Crippen LogP contribution in [0.3, 0.4) is 0 Å². The molecule has 0 unspecified atom stereocenters. The van der Waals surface area contributed by atoms with Crippen LogP contribution < -0.4 is 0 Å². The third kappa shape index (κ3) is 3.70. The highest BCUT2D eigenvalue weighted by Crippen LogP contribution is 2.44. The summed E-state index contributed by atoms with van der Waals surface area (Å²) in [7, 11) is 0. The molecular formula is C42H22N8OS. The number of benzene rings is 4. The Kier molecular flexibility index (Phi) is 5.47. The zero-order valence-corrected chi connectivity index (χ0v) is 27.9. The molecule has 12 rings (SSSR count). The summed E-state index contributed by atoms with van der Waals surface area (Å²) in [5, 5.41) is 6.55. The van der Waals surface area contributed by atoms with Gasteiger partial charge in [0.05, 0.1) is 74.0 Å². The fraction of sp³-hybridized carbons (Fsp3) is 0. The molecule has 0 N–H and O–H groups in total. The van der Waals surface area contributed by atoms with Crippen LogP contribution >= 0.6 is 11.3 Å². The number of rotatable bonds is 3. The van der Waals surface area contributed by atoms with Crippen LogP contribution in [0.1, 0.15) is 0 Å². The lowest BCUT2D eigenvalue weighted by Gasteiger charge is -2.12. The molecule has 10 heteroatoms. The molecule has 8 aromatic heterocycles. The zero-order chi connectivity index (χ0) is 33.9.